The average molecular weight is 328 g/mol. The van der Waals surface area contributed by atoms with Gasteiger partial charge < -0.3 is 0 Å². The van der Waals surface area contributed by atoms with Gasteiger partial charge in [0.25, 0.3) is 0 Å². The van der Waals surface area contributed by atoms with Crippen LogP contribution in [0.3, 0.4) is 0 Å². The molecule has 0 unspecified atom stereocenters. The minimum Gasteiger partial charge on any atom is -0.0687 e. The maximum Gasteiger partial charge on any atom is 0 e. The second-order valence-corrected chi connectivity index (χ2v) is 3.23. The molecule has 0 atom stereocenters. The Balaban J connectivity index is 5.91. The van der Waals surface area contributed by atoms with Crippen LogP contribution in [-0.2, 0) is 0 Å². The van der Waals surface area contributed by atoms with Gasteiger partial charge >= 0.3 is 0 Å². The summed E-state index contributed by atoms with van der Waals surface area (Å²) in [6, 6.07) is 0. The molecule has 0 fully saturated rings. The lowest BCUT2D eigenvalue weighted by Gasteiger charge is -1.41. The summed E-state index contributed by atoms with van der Waals surface area (Å²) in [5.74, 6) is 0. The van der Waals surface area contributed by atoms with Crippen LogP contribution in [0.25, 0.3) is 0 Å². The molecule has 0 N–H and O–H groups in total. The molecule has 0 saturated carbocycles. The van der Waals surface area contributed by atoms with Crippen LogP contribution in [0.1, 0.15) is 0 Å². The van der Waals surface area contributed by atoms with E-state index in [4.69, 9.17) is 0 Å². The van der Waals surface area contributed by atoms with Gasteiger partial charge in [0.05, 0.1) is 0 Å². The fourth-order valence-electron chi connectivity index (χ4n) is 0.745. The van der Waals surface area contributed by atoms with Crippen LogP contribution < -0.4 is 0 Å². The lowest BCUT2D eigenvalue weighted by atomic mass is 10.6. The van der Waals surface area contributed by atoms with Crippen LogP contribution in [0.2, 0.25) is 0 Å². The van der Waals surface area contributed by atoms with Crippen molar-refractivity contribution < 1.29 is 0 Å². The first-order chi connectivity index (χ1) is 13.4. The number of rotatable bonds is 0. The fourth-order valence-corrected chi connectivity index (χ4v) is 0.745. The van der Waals surface area contributed by atoms with Gasteiger partial charge in [-0.2, -0.15) is 0 Å². The maximum absolute atomic E-state index is 3.30. The lowest BCUT2D eigenvalue weighted by Crippen LogP contribution is -1.25. The Bertz CT molecular complexity index is 1440. The molecule has 0 aliphatic rings. The fraction of sp³-hybridized carbons (Fsp3) is 0. The molecule has 0 aromatic rings. The maximum atomic E-state index is 3.30. The Morgan fingerprint density at radius 2 is 0.296 bits per heavy atom. The molecule has 0 rings (SSSR count). The predicted molar refractivity (Wildman–Crippen MR) is 99.1 cm³/mol. The standard InChI is InChI=1S/C27H4/c1-3-5-7-9-11-13-15-17-19-21-23-25-27-26-24-22-20-18-16-14-12-10-8-6-4-2/h1-2H2. The zero-order valence-electron chi connectivity index (χ0n) is 13.9. The van der Waals surface area contributed by atoms with Gasteiger partial charge in [0.15, 0.2) is 0 Å². The van der Waals surface area contributed by atoms with Crippen molar-refractivity contribution in [3.05, 3.63) is 156 Å². The van der Waals surface area contributed by atoms with Crippen LogP contribution >= 0.6 is 0 Å². The summed E-state index contributed by atoms with van der Waals surface area (Å²) in [7, 11) is 0. The Hall–Kier alpha value is -5.76. The molecule has 0 amide bonds. The van der Waals surface area contributed by atoms with Gasteiger partial charge in [0, 0.05) is 40.1 Å². The molecule has 0 aliphatic carbocycles. The Morgan fingerprint density at radius 1 is 0.185 bits per heavy atom. The van der Waals surface area contributed by atoms with Crippen LogP contribution in [0.5, 0.6) is 0 Å². The van der Waals surface area contributed by atoms with Crippen LogP contribution in [0.4, 0.5) is 0 Å². The third-order valence-corrected chi connectivity index (χ3v) is 1.55. The Morgan fingerprint density at radius 3 is 0.407 bits per heavy atom. The smallest absolute Gasteiger partial charge is 0 e. The monoisotopic (exact) mass is 328 g/mol. The van der Waals surface area contributed by atoms with E-state index in [0.29, 0.717) is 0 Å². The second kappa shape index (κ2) is 20.2. The minimum absolute atomic E-state index is 2.37. The molecule has 112 valence electrons. The number of hydrogen-bond acceptors (Lipinski definition) is 0. The summed E-state index contributed by atoms with van der Waals surface area (Å²) in [5, 5.41) is 0. The van der Waals surface area contributed by atoms with E-state index in [0.717, 1.165) is 0 Å². The summed E-state index contributed by atoms with van der Waals surface area (Å²) in [5.41, 5.74) is 61.9. The molecular formula is C27H4. The van der Waals surface area contributed by atoms with E-state index >= 15 is 0 Å². The first-order valence-electron chi connectivity index (χ1n) is 6.71. The molecule has 0 heterocycles. The summed E-state index contributed by atoms with van der Waals surface area (Å²) in [4.78, 5) is 0. The molecule has 0 aromatic carbocycles. The minimum atomic E-state index is 2.37. The molecule has 0 radical (unpaired) electrons. The highest BCUT2D eigenvalue weighted by atomic mass is 13.4. The topological polar surface area (TPSA) is 0 Å². The summed E-state index contributed by atoms with van der Waals surface area (Å²) in [6.45, 7) is 6.61. The van der Waals surface area contributed by atoms with Crippen molar-refractivity contribution in [2.45, 2.75) is 0 Å². The van der Waals surface area contributed by atoms with E-state index in [1.54, 1.807) is 0 Å². The molecule has 0 heteroatoms. The van der Waals surface area contributed by atoms with Crippen LogP contribution in [0, 0.1) is 0 Å². The summed E-state index contributed by atoms with van der Waals surface area (Å²) >= 11 is 0. The van der Waals surface area contributed by atoms with Crippen molar-refractivity contribution in [3.63, 3.8) is 0 Å². The third-order valence-electron chi connectivity index (χ3n) is 1.55. The zero-order valence-corrected chi connectivity index (χ0v) is 13.9. The highest BCUT2D eigenvalue weighted by molar-refractivity contribution is 4.94. The second-order valence-electron chi connectivity index (χ2n) is 3.23. The zero-order chi connectivity index (χ0) is 19.7. The molecule has 27 heavy (non-hydrogen) atoms. The molecule has 0 bridgehead atoms. The van der Waals surface area contributed by atoms with E-state index < -0.39 is 0 Å². The van der Waals surface area contributed by atoms with E-state index in [2.05, 4.69) is 156 Å². The van der Waals surface area contributed by atoms with E-state index in [1.807, 2.05) is 0 Å². The highest BCUT2D eigenvalue weighted by Crippen LogP contribution is 1.58. The van der Waals surface area contributed by atoms with E-state index in [-0.39, 0.29) is 0 Å². The van der Waals surface area contributed by atoms with Crippen molar-refractivity contribution in [2.24, 2.45) is 0 Å². The molecule has 0 aromatic heterocycles. The summed E-state index contributed by atoms with van der Waals surface area (Å²) < 4.78 is 0. The SMILES string of the molecule is C=C=C=C=C=C=C=C=C=C=C=C=C=C=C=C=C=C=C=C=C=C=C=C=C=C=C. The molecule has 0 aliphatic heterocycles. The van der Waals surface area contributed by atoms with Gasteiger partial charge in [-0.25, -0.2) is 0 Å². The predicted octanol–water partition coefficient (Wildman–Crippen LogP) is 4.68. The quantitative estimate of drug-likeness (QED) is 0.567. The van der Waals surface area contributed by atoms with Gasteiger partial charge in [0.1, 0.15) is 0 Å². The van der Waals surface area contributed by atoms with Crippen molar-refractivity contribution in [1.82, 2.24) is 0 Å². The molecule has 0 spiro atoms. The summed E-state index contributed by atoms with van der Waals surface area (Å²) in [6.07, 6.45) is 0. The Labute approximate surface area is 156 Å². The average Bonchev–Trinajstić information content (AvgIpc) is 2.68. The Kier molecular flexibility index (Phi) is 15.9. The molecular weight excluding hydrogens is 324 g/mol. The first kappa shape index (κ1) is 21.2. The number of hydrogen-bond donors (Lipinski definition) is 0. The highest BCUT2D eigenvalue weighted by Gasteiger charge is 1.42. The normalized spacial score (nSPS) is 3.85. The van der Waals surface area contributed by atoms with Gasteiger partial charge in [-0.05, 0) is 105 Å². The van der Waals surface area contributed by atoms with Gasteiger partial charge in [-0.3, -0.25) is 0 Å². The van der Waals surface area contributed by atoms with Crippen molar-refractivity contribution in [1.29, 1.82) is 0 Å². The lowest BCUT2D eigenvalue weighted by molar-refractivity contribution is 2.11. The first-order valence-corrected chi connectivity index (χ1v) is 6.71. The van der Waals surface area contributed by atoms with E-state index in [9.17, 15) is 0 Å². The van der Waals surface area contributed by atoms with Gasteiger partial charge in [-0.15, -0.1) is 0 Å². The van der Waals surface area contributed by atoms with E-state index in [1.165, 1.54) is 0 Å². The van der Waals surface area contributed by atoms with Crippen molar-refractivity contribution in [2.75, 3.05) is 0 Å². The van der Waals surface area contributed by atoms with Crippen molar-refractivity contribution >= 4 is 0 Å². The third kappa shape index (κ3) is 20.2. The largest absolute Gasteiger partial charge is 0.0687 e. The van der Waals surface area contributed by atoms with Crippen LogP contribution in [0.15, 0.2) is 156 Å². The molecule has 0 nitrogen and oxygen atoms in total. The van der Waals surface area contributed by atoms with Gasteiger partial charge in [-0.1, -0.05) is 11.5 Å². The molecule has 0 saturated heterocycles. The van der Waals surface area contributed by atoms with Gasteiger partial charge in [0.2, 0.25) is 0 Å². The van der Waals surface area contributed by atoms with Crippen molar-refractivity contribution in [3.8, 4) is 0 Å². The van der Waals surface area contributed by atoms with Crippen LogP contribution in [-0.4, -0.2) is 0 Å².